The first-order chi connectivity index (χ1) is 0. The molecule has 38 valence electrons. The molecule has 0 saturated carbocycles. The second-order valence-electron chi connectivity index (χ2n) is 0. The molecule has 0 atom stereocenters. The van der Waals surface area contributed by atoms with Crippen LogP contribution in [0.15, 0.2) is 0 Å². The van der Waals surface area contributed by atoms with E-state index in [0.29, 0.717) is 0 Å². The van der Waals surface area contributed by atoms with Crippen LogP contribution in [0.1, 0.15) is 0 Å². The van der Waals surface area contributed by atoms with E-state index in [9.17, 15) is 0 Å². The smallest absolute Gasteiger partial charge is 0 e. The van der Waals surface area contributed by atoms with Crippen LogP contribution in [0.25, 0.3) is 0 Å². The molecule has 0 aliphatic heterocycles. The van der Waals surface area contributed by atoms with Crippen LogP contribution in [0, 0.1) is 0 Å². The van der Waals surface area contributed by atoms with E-state index in [2.05, 4.69) is 0 Å². The van der Waals surface area contributed by atoms with Crippen molar-refractivity contribution in [2.24, 2.45) is 0 Å². The molecule has 0 aromatic rings. The van der Waals surface area contributed by atoms with Crippen molar-refractivity contribution in [3.63, 3.8) is 0 Å². The fourth-order valence-corrected chi connectivity index (χ4v) is 0. The molecule has 0 amide bonds. The maximum absolute atomic E-state index is 0. The van der Waals surface area contributed by atoms with E-state index in [1.807, 2.05) is 0 Å². The van der Waals surface area contributed by atoms with Gasteiger partial charge in [0.15, 0.2) is 0 Å². The molecule has 0 N–H and O–H groups in total. The van der Waals surface area contributed by atoms with Crippen molar-refractivity contribution < 1.29 is 21.1 Å². The molecular formula is H4I4Mo. The SMILES string of the molecule is I.I.I.I.[Mo]. The Morgan fingerprint density at radius 2 is 0.400 bits per heavy atom. The monoisotopic (exact) mass is 610 g/mol. The maximum atomic E-state index is 0. The van der Waals surface area contributed by atoms with Gasteiger partial charge in [0.2, 0.25) is 0 Å². The Bertz CT molecular complexity index is 3.61. The Kier molecular flexibility index (Phi) is 195. The molecule has 0 aliphatic rings. The van der Waals surface area contributed by atoms with Gasteiger partial charge in [-0.2, -0.15) is 0 Å². The van der Waals surface area contributed by atoms with Gasteiger partial charge < -0.3 is 0 Å². The summed E-state index contributed by atoms with van der Waals surface area (Å²) in [6, 6.07) is 0. The normalized spacial score (nSPS) is 0. The van der Waals surface area contributed by atoms with Crippen LogP contribution in [0.4, 0.5) is 0 Å². The van der Waals surface area contributed by atoms with Crippen LogP contribution >= 0.6 is 95.9 Å². The summed E-state index contributed by atoms with van der Waals surface area (Å²) in [5.74, 6) is 0. The second kappa shape index (κ2) is 25.5. The third kappa shape index (κ3) is 18.4. The molecule has 5 heteroatoms. The van der Waals surface area contributed by atoms with Gasteiger partial charge in [-0.1, -0.05) is 0 Å². The van der Waals surface area contributed by atoms with Crippen molar-refractivity contribution in [3.8, 4) is 0 Å². The maximum Gasteiger partial charge on any atom is 0 e. The number of halogens is 4. The van der Waals surface area contributed by atoms with Crippen LogP contribution in [-0.4, -0.2) is 0 Å². The Hall–Kier alpha value is 3.61. The Labute approximate surface area is 114 Å². The van der Waals surface area contributed by atoms with Gasteiger partial charge in [-0.15, -0.1) is 95.9 Å². The Morgan fingerprint density at radius 1 is 0.400 bits per heavy atom. The van der Waals surface area contributed by atoms with Crippen LogP contribution in [-0.2, 0) is 21.1 Å². The minimum atomic E-state index is 0. The fourth-order valence-electron chi connectivity index (χ4n) is 0. The summed E-state index contributed by atoms with van der Waals surface area (Å²) in [6.45, 7) is 0. The molecule has 0 fully saturated rings. The average molecular weight is 608 g/mol. The van der Waals surface area contributed by atoms with E-state index in [4.69, 9.17) is 0 Å². The number of hydrogen-bond acceptors (Lipinski definition) is 0. The van der Waals surface area contributed by atoms with Crippen molar-refractivity contribution in [1.29, 1.82) is 0 Å². The summed E-state index contributed by atoms with van der Waals surface area (Å²) in [5, 5.41) is 0. The van der Waals surface area contributed by atoms with E-state index in [1.54, 1.807) is 0 Å². The van der Waals surface area contributed by atoms with Gasteiger partial charge in [0, 0.05) is 21.1 Å². The standard InChI is InChI=1S/4HI.Mo/h4*1H;. The van der Waals surface area contributed by atoms with Crippen LogP contribution in [0.3, 0.4) is 0 Å². The zero-order valence-electron chi connectivity index (χ0n) is 2.04. The third-order valence-corrected chi connectivity index (χ3v) is 0. The molecule has 0 spiro atoms. The molecule has 0 rings (SSSR count). The van der Waals surface area contributed by atoms with E-state index in [-0.39, 0.29) is 117 Å². The van der Waals surface area contributed by atoms with Crippen molar-refractivity contribution >= 4 is 95.9 Å². The van der Waals surface area contributed by atoms with Gasteiger partial charge in [-0.05, 0) is 0 Å². The first-order valence-electron chi connectivity index (χ1n) is 0. The molecule has 0 heterocycles. The van der Waals surface area contributed by atoms with E-state index < -0.39 is 0 Å². The minimum absolute atomic E-state index is 0. The first kappa shape index (κ1) is 38.3. The molecule has 0 nitrogen and oxygen atoms in total. The molecule has 0 saturated heterocycles. The average Bonchev–Trinajstić information content (AvgIpc) is 0. The van der Waals surface area contributed by atoms with Crippen molar-refractivity contribution in [2.45, 2.75) is 0 Å². The van der Waals surface area contributed by atoms with Crippen LogP contribution in [0.2, 0.25) is 0 Å². The third-order valence-electron chi connectivity index (χ3n) is 0. The minimum Gasteiger partial charge on any atom is -0.107 e. The molecular weight excluding hydrogens is 604 g/mol. The van der Waals surface area contributed by atoms with Crippen molar-refractivity contribution in [2.75, 3.05) is 0 Å². The quantitative estimate of drug-likeness (QED) is 0.294. The Balaban J connectivity index is 0. The van der Waals surface area contributed by atoms with E-state index in [1.165, 1.54) is 0 Å². The second-order valence-corrected chi connectivity index (χ2v) is 0. The summed E-state index contributed by atoms with van der Waals surface area (Å²) in [5.41, 5.74) is 0. The van der Waals surface area contributed by atoms with Crippen LogP contribution in [0.5, 0.6) is 0 Å². The summed E-state index contributed by atoms with van der Waals surface area (Å²) in [7, 11) is 0. The van der Waals surface area contributed by atoms with Gasteiger partial charge in [-0.25, -0.2) is 0 Å². The molecule has 0 bridgehead atoms. The summed E-state index contributed by atoms with van der Waals surface area (Å²) in [6.07, 6.45) is 0. The summed E-state index contributed by atoms with van der Waals surface area (Å²) < 4.78 is 0. The molecule has 0 unspecified atom stereocenters. The zero-order valence-corrected chi connectivity index (χ0v) is 13.4. The Morgan fingerprint density at radius 3 is 0.400 bits per heavy atom. The molecule has 5 heavy (non-hydrogen) atoms. The number of rotatable bonds is 0. The van der Waals surface area contributed by atoms with Gasteiger partial charge in [0.1, 0.15) is 0 Å². The van der Waals surface area contributed by atoms with E-state index in [0.717, 1.165) is 0 Å². The molecule has 0 aromatic heterocycles. The van der Waals surface area contributed by atoms with Gasteiger partial charge in [0.05, 0.1) is 0 Å². The predicted molar refractivity (Wildman–Crippen MR) is 61.7 cm³/mol. The summed E-state index contributed by atoms with van der Waals surface area (Å²) in [4.78, 5) is 0. The van der Waals surface area contributed by atoms with Gasteiger partial charge in [-0.3, -0.25) is 0 Å². The van der Waals surface area contributed by atoms with Crippen LogP contribution < -0.4 is 0 Å². The first-order valence-corrected chi connectivity index (χ1v) is 0. The number of hydrogen-bond donors (Lipinski definition) is 0. The van der Waals surface area contributed by atoms with Crippen molar-refractivity contribution in [1.82, 2.24) is 0 Å². The van der Waals surface area contributed by atoms with E-state index >= 15 is 0 Å². The topological polar surface area (TPSA) is 0 Å². The van der Waals surface area contributed by atoms with Gasteiger partial charge >= 0.3 is 0 Å². The fraction of sp³-hybridized carbons (Fsp3) is 0. The summed E-state index contributed by atoms with van der Waals surface area (Å²) >= 11 is 0. The predicted octanol–water partition coefficient (Wildman–Crippen LogP) is 2.47. The van der Waals surface area contributed by atoms with Crippen molar-refractivity contribution in [3.05, 3.63) is 0 Å². The molecule has 0 aliphatic carbocycles. The zero-order chi connectivity index (χ0) is 0. The largest absolute Gasteiger partial charge is 0.107 e. The molecule has 0 aromatic carbocycles. The molecule has 0 radical (unpaired) electrons. The van der Waals surface area contributed by atoms with Gasteiger partial charge in [0.25, 0.3) is 0 Å².